The molecule has 3 rings (SSSR count). The molecule has 3 heteroatoms. The minimum atomic E-state index is 0.689. The van der Waals surface area contributed by atoms with Crippen LogP contribution in [0.25, 0.3) is 0 Å². The molecule has 0 spiro atoms. The van der Waals surface area contributed by atoms with Crippen LogP contribution in [0.15, 0.2) is 6.20 Å². The van der Waals surface area contributed by atoms with E-state index in [0.717, 1.165) is 12.5 Å². The van der Waals surface area contributed by atoms with Gasteiger partial charge in [0.2, 0.25) is 0 Å². The Balaban J connectivity index is 1.71. The number of rotatable bonds is 2. The molecule has 1 unspecified atom stereocenters. The molecule has 1 N–H and O–H groups in total. The molecule has 88 valence electrons. The molecule has 2 fully saturated rings. The van der Waals surface area contributed by atoms with Gasteiger partial charge in [-0.2, -0.15) is 0 Å². The summed E-state index contributed by atoms with van der Waals surface area (Å²) in [6, 6.07) is 0. The standard InChI is InChI=1S/C13H20N2S/c1-2-5-10(4-1)12-9-15-13(16-12)11-6-3-7-14-8-11/h9-11,14H,1-8H2. The van der Waals surface area contributed by atoms with Crippen LogP contribution < -0.4 is 5.32 Å². The number of nitrogens with zero attached hydrogens (tertiary/aromatic N) is 1. The van der Waals surface area contributed by atoms with E-state index < -0.39 is 0 Å². The van der Waals surface area contributed by atoms with E-state index in [0.29, 0.717) is 5.92 Å². The Morgan fingerprint density at radius 3 is 2.69 bits per heavy atom. The van der Waals surface area contributed by atoms with E-state index in [1.54, 1.807) is 4.88 Å². The number of piperidine rings is 1. The quantitative estimate of drug-likeness (QED) is 0.852. The molecular weight excluding hydrogens is 216 g/mol. The molecular formula is C13H20N2S. The zero-order valence-electron chi connectivity index (χ0n) is 9.74. The van der Waals surface area contributed by atoms with Gasteiger partial charge in [0.25, 0.3) is 0 Å². The number of nitrogens with one attached hydrogen (secondary N) is 1. The van der Waals surface area contributed by atoms with E-state index in [-0.39, 0.29) is 0 Å². The fraction of sp³-hybridized carbons (Fsp3) is 0.769. The third-order valence-corrected chi connectivity index (χ3v) is 5.27. The lowest BCUT2D eigenvalue weighted by atomic mass is 10.0. The Kier molecular flexibility index (Phi) is 3.25. The summed E-state index contributed by atoms with van der Waals surface area (Å²) in [5, 5.41) is 4.86. The largest absolute Gasteiger partial charge is 0.316 e. The smallest absolute Gasteiger partial charge is 0.0971 e. The Bertz CT molecular complexity index is 335. The van der Waals surface area contributed by atoms with Crippen molar-refractivity contribution in [1.29, 1.82) is 0 Å². The van der Waals surface area contributed by atoms with Gasteiger partial charge in [0.05, 0.1) is 5.01 Å². The van der Waals surface area contributed by atoms with Gasteiger partial charge in [0.15, 0.2) is 0 Å². The van der Waals surface area contributed by atoms with E-state index in [4.69, 9.17) is 0 Å². The van der Waals surface area contributed by atoms with Crippen LogP contribution in [0.2, 0.25) is 0 Å². The summed E-state index contributed by atoms with van der Waals surface area (Å²) in [6.07, 6.45) is 10.4. The summed E-state index contributed by atoms with van der Waals surface area (Å²) in [5.74, 6) is 1.52. The first-order valence-corrected chi connectivity index (χ1v) is 7.41. The zero-order valence-corrected chi connectivity index (χ0v) is 10.6. The van der Waals surface area contributed by atoms with Crippen molar-refractivity contribution >= 4 is 11.3 Å². The van der Waals surface area contributed by atoms with E-state index >= 15 is 0 Å². The molecule has 2 aliphatic rings. The Morgan fingerprint density at radius 2 is 1.94 bits per heavy atom. The maximum absolute atomic E-state index is 4.66. The Hall–Kier alpha value is -0.410. The molecule has 0 amide bonds. The maximum atomic E-state index is 4.66. The van der Waals surface area contributed by atoms with Gasteiger partial charge >= 0.3 is 0 Å². The summed E-state index contributed by atoms with van der Waals surface area (Å²) in [6.45, 7) is 2.33. The third-order valence-electron chi connectivity index (χ3n) is 3.95. The highest BCUT2D eigenvalue weighted by Gasteiger charge is 2.23. The average Bonchev–Trinajstić information content (AvgIpc) is 3.01. The predicted molar refractivity (Wildman–Crippen MR) is 68.2 cm³/mol. The van der Waals surface area contributed by atoms with Gasteiger partial charge in [0, 0.05) is 23.5 Å². The van der Waals surface area contributed by atoms with Crippen LogP contribution in [-0.2, 0) is 0 Å². The van der Waals surface area contributed by atoms with Crippen molar-refractivity contribution < 1.29 is 0 Å². The van der Waals surface area contributed by atoms with Gasteiger partial charge in [-0.15, -0.1) is 11.3 Å². The van der Waals surface area contributed by atoms with Crippen molar-refractivity contribution in [1.82, 2.24) is 10.3 Å². The Morgan fingerprint density at radius 1 is 1.12 bits per heavy atom. The van der Waals surface area contributed by atoms with Crippen LogP contribution in [0.3, 0.4) is 0 Å². The van der Waals surface area contributed by atoms with Crippen LogP contribution in [0.1, 0.15) is 60.2 Å². The first-order chi connectivity index (χ1) is 7.93. The molecule has 1 atom stereocenters. The van der Waals surface area contributed by atoms with Crippen molar-refractivity contribution in [3.05, 3.63) is 16.1 Å². The molecule has 1 aromatic heterocycles. The van der Waals surface area contributed by atoms with Gasteiger partial charge in [-0.05, 0) is 38.1 Å². The second kappa shape index (κ2) is 4.84. The molecule has 1 aliphatic carbocycles. The van der Waals surface area contributed by atoms with Crippen molar-refractivity contribution in [3.8, 4) is 0 Å². The van der Waals surface area contributed by atoms with Crippen LogP contribution in [0.4, 0.5) is 0 Å². The zero-order chi connectivity index (χ0) is 10.8. The van der Waals surface area contributed by atoms with Gasteiger partial charge in [-0.1, -0.05) is 12.8 Å². The molecule has 2 nitrogen and oxygen atoms in total. The molecule has 1 saturated carbocycles. The SMILES string of the molecule is c1nc(C2CCCNC2)sc1C1CCCC1. The third kappa shape index (κ3) is 2.16. The van der Waals surface area contributed by atoms with E-state index in [1.807, 2.05) is 11.3 Å². The second-order valence-electron chi connectivity index (χ2n) is 5.13. The Labute approximate surface area is 101 Å². The van der Waals surface area contributed by atoms with Gasteiger partial charge in [-0.3, -0.25) is 0 Å². The molecule has 0 bridgehead atoms. The topological polar surface area (TPSA) is 24.9 Å². The average molecular weight is 236 g/mol. The monoisotopic (exact) mass is 236 g/mol. The predicted octanol–water partition coefficient (Wildman–Crippen LogP) is 3.27. The highest BCUT2D eigenvalue weighted by molar-refractivity contribution is 7.11. The van der Waals surface area contributed by atoms with Gasteiger partial charge in [-0.25, -0.2) is 4.98 Å². The number of aromatic nitrogens is 1. The fourth-order valence-corrected chi connectivity index (χ4v) is 4.17. The number of hydrogen-bond acceptors (Lipinski definition) is 3. The minimum Gasteiger partial charge on any atom is -0.316 e. The van der Waals surface area contributed by atoms with Crippen molar-refractivity contribution in [2.75, 3.05) is 13.1 Å². The van der Waals surface area contributed by atoms with Crippen LogP contribution in [0, 0.1) is 0 Å². The number of thiazole rings is 1. The summed E-state index contributed by atoms with van der Waals surface area (Å²) in [5.41, 5.74) is 0. The summed E-state index contributed by atoms with van der Waals surface area (Å²) >= 11 is 1.99. The second-order valence-corrected chi connectivity index (χ2v) is 6.22. The van der Waals surface area contributed by atoms with Crippen LogP contribution in [-0.4, -0.2) is 18.1 Å². The van der Waals surface area contributed by atoms with Gasteiger partial charge in [0.1, 0.15) is 0 Å². The van der Waals surface area contributed by atoms with Crippen molar-refractivity contribution in [2.24, 2.45) is 0 Å². The highest BCUT2D eigenvalue weighted by atomic mass is 32.1. The normalized spacial score (nSPS) is 27.4. The summed E-state index contributed by atoms with van der Waals surface area (Å²) in [4.78, 5) is 6.22. The lowest BCUT2D eigenvalue weighted by Gasteiger charge is -2.20. The molecule has 1 saturated heterocycles. The highest BCUT2D eigenvalue weighted by Crippen LogP contribution is 2.38. The van der Waals surface area contributed by atoms with Crippen molar-refractivity contribution in [2.45, 2.75) is 50.4 Å². The first-order valence-electron chi connectivity index (χ1n) is 6.60. The van der Waals surface area contributed by atoms with E-state index in [1.165, 1.54) is 50.1 Å². The van der Waals surface area contributed by atoms with E-state index in [9.17, 15) is 0 Å². The molecule has 1 aliphatic heterocycles. The fourth-order valence-electron chi connectivity index (χ4n) is 2.95. The van der Waals surface area contributed by atoms with Crippen LogP contribution in [0.5, 0.6) is 0 Å². The summed E-state index contributed by atoms with van der Waals surface area (Å²) < 4.78 is 0. The maximum Gasteiger partial charge on any atom is 0.0971 e. The first kappa shape index (κ1) is 10.7. The molecule has 2 heterocycles. The van der Waals surface area contributed by atoms with Crippen molar-refractivity contribution in [3.63, 3.8) is 0 Å². The van der Waals surface area contributed by atoms with Gasteiger partial charge < -0.3 is 5.32 Å². The lowest BCUT2D eigenvalue weighted by molar-refractivity contribution is 0.460. The lowest BCUT2D eigenvalue weighted by Crippen LogP contribution is -2.28. The van der Waals surface area contributed by atoms with Crippen LogP contribution >= 0.6 is 11.3 Å². The molecule has 0 aromatic carbocycles. The summed E-state index contributed by atoms with van der Waals surface area (Å²) in [7, 11) is 0. The molecule has 1 aromatic rings. The molecule has 16 heavy (non-hydrogen) atoms. The van der Waals surface area contributed by atoms with E-state index in [2.05, 4.69) is 16.5 Å². The minimum absolute atomic E-state index is 0.689. The number of hydrogen-bond donors (Lipinski definition) is 1. The molecule has 0 radical (unpaired) electrons.